The molecule has 0 fully saturated rings. The minimum atomic E-state index is -0.189. The minimum Gasteiger partial charge on any atom is -0.496 e. The molecule has 1 heterocycles. The third kappa shape index (κ3) is 2.99. The predicted octanol–water partition coefficient (Wildman–Crippen LogP) is 3.83. The van der Waals surface area contributed by atoms with Gasteiger partial charge in [0.1, 0.15) is 10.8 Å². The van der Waals surface area contributed by atoms with Crippen molar-refractivity contribution in [3.05, 3.63) is 43.8 Å². The number of thiazole rings is 1. The molecule has 1 atom stereocenters. The summed E-state index contributed by atoms with van der Waals surface area (Å²) in [5.41, 5.74) is 8.47. The molecule has 0 saturated heterocycles. The molecule has 0 aliphatic heterocycles. The number of methoxy groups -OCH3 is 1. The lowest BCUT2D eigenvalue weighted by atomic mass is 10.1. The number of aryl methyl sites for hydroxylation is 2. The Morgan fingerprint density at radius 2 is 2.21 bits per heavy atom. The first-order chi connectivity index (χ1) is 9.06. The van der Waals surface area contributed by atoms with E-state index in [1.54, 1.807) is 18.4 Å². The Kier molecular flexibility index (Phi) is 4.60. The molecule has 1 aromatic heterocycles. The highest BCUT2D eigenvalue weighted by Crippen LogP contribution is 2.31. The van der Waals surface area contributed by atoms with E-state index in [2.05, 4.69) is 34.8 Å². The number of aromatic nitrogens is 1. The molecular weight excluding hydrogens is 324 g/mol. The van der Waals surface area contributed by atoms with E-state index in [4.69, 9.17) is 10.5 Å². The summed E-state index contributed by atoms with van der Waals surface area (Å²) in [4.78, 5) is 5.87. The van der Waals surface area contributed by atoms with E-state index in [9.17, 15) is 0 Å². The van der Waals surface area contributed by atoms with Gasteiger partial charge in [-0.15, -0.1) is 11.3 Å². The van der Waals surface area contributed by atoms with Crippen LogP contribution >= 0.6 is 27.3 Å². The molecule has 1 aromatic carbocycles. The highest BCUT2D eigenvalue weighted by molar-refractivity contribution is 9.10. The van der Waals surface area contributed by atoms with Crippen LogP contribution in [0, 0.1) is 6.92 Å². The van der Waals surface area contributed by atoms with Crippen LogP contribution in [-0.2, 0) is 6.42 Å². The van der Waals surface area contributed by atoms with Crippen molar-refractivity contribution >= 4 is 27.3 Å². The number of rotatable bonds is 4. The van der Waals surface area contributed by atoms with Crippen LogP contribution in [-0.4, -0.2) is 12.1 Å². The molecule has 2 aromatic rings. The molecule has 2 N–H and O–H groups in total. The van der Waals surface area contributed by atoms with E-state index < -0.39 is 0 Å². The molecule has 0 aliphatic carbocycles. The standard InChI is InChI=1S/C14H17BrN2OS/c1-4-11-8(2)19-14(17-11)13(16)9-5-6-12(18-3)10(15)7-9/h5-7,13H,4,16H2,1-3H3. The number of nitrogens with zero attached hydrogens (tertiary/aromatic N) is 1. The van der Waals surface area contributed by atoms with E-state index in [-0.39, 0.29) is 6.04 Å². The number of ether oxygens (including phenoxy) is 1. The van der Waals surface area contributed by atoms with Crippen LogP contribution in [0.4, 0.5) is 0 Å². The van der Waals surface area contributed by atoms with Crippen LogP contribution in [0.2, 0.25) is 0 Å². The number of halogens is 1. The maximum Gasteiger partial charge on any atom is 0.133 e. The van der Waals surface area contributed by atoms with Crippen molar-refractivity contribution in [1.29, 1.82) is 0 Å². The summed E-state index contributed by atoms with van der Waals surface area (Å²) in [5, 5.41) is 0.964. The third-order valence-electron chi connectivity index (χ3n) is 3.05. The van der Waals surface area contributed by atoms with Crippen LogP contribution in [0.3, 0.4) is 0 Å². The Balaban J connectivity index is 2.32. The fourth-order valence-electron chi connectivity index (χ4n) is 1.93. The van der Waals surface area contributed by atoms with E-state index in [0.717, 1.165) is 32.9 Å². The maximum atomic E-state index is 6.30. The predicted molar refractivity (Wildman–Crippen MR) is 83.0 cm³/mol. The van der Waals surface area contributed by atoms with Crippen molar-refractivity contribution in [2.45, 2.75) is 26.3 Å². The molecule has 2 rings (SSSR count). The van der Waals surface area contributed by atoms with Gasteiger partial charge < -0.3 is 10.5 Å². The first-order valence-corrected chi connectivity index (χ1v) is 7.73. The number of hydrogen-bond acceptors (Lipinski definition) is 4. The lowest BCUT2D eigenvalue weighted by Crippen LogP contribution is -2.11. The van der Waals surface area contributed by atoms with Crippen LogP contribution in [0.25, 0.3) is 0 Å². The average Bonchev–Trinajstić information content (AvgIpc) is 2.79. The normalized spacial score (nSPS) is 12.5. The van der Waals surface area contributed by atoms with Gasteiger partial charge in [-0.2, -0.15) is 0 Å². The van der Waals surface area contributed by atoms with E-state index in [1.165, 1.54) is 4.88 Å². The van der Waals surface area contributed by atoms with Gasteiger partial charge in [-0.1, -0.05) is 13.0 Å². The van der Waals surface area contributed by atoms with Gasteiger partial charge >= 0.3 is 0 Å². The topological polar surface area (TPSA) is 48.1 Å². The zero-order valence-corrected chi connectivity index (χ0v) is 13.6. The lowest BCUT2D eigenvalue weighted by molar-refractivity contribution is 0.412. The second-order valence-corrected chi connectivity index (χ2v) is 6.37. The van der Waals surface area contributed by atoms with Crippen molar-refractivity contribution in [3.63, 3.8) is 0 Å². The molecule has 102 valence electrons. The van der Waals surface area contributed by atoms with E-state index >= 15 is 0 Å². The van der Waals surface area contributed by atoms with Gasteiger partial charge in [0, 0.05) is 4.88 Å². The molecule has 0 aliphatic rings. The smallest absolute Gasteiger partial charge is 0.133 e. The van der Waals surface area contributed by atoms with Crippen molar-refractivity contribution in [2.75, 3.05) is 7.11 Å². The Labute approximate surface area is 125 Å². The fraction of sp³-hybridized carbons (Fsp3) is 0.357. The number of benzene rings is 1. The van der Waals surface area contributed by atoms with Gasteiger partial charge in [-0.25, -0.2) is 4.98 Å². The molecule has 19 heavy (non-hydrogen) atoms. The molecule has 0 radical (unpaired) electrons. The first-order valence-electron chi connectivity index (χ1n) is 6.12. The average molecular weight is 341 g/mol. The van der Waals surface area contributed by atoms with Gasteiger partial charge in [0.25, 0.3) is 0 Å². The van der Waals surface area contributed by atoms with Gasteiger partial charge in [0.2, 0.25) is 0 Å². The number of nitrogens with two attached hydrogens (primary N) is 1. The fourth-order valence-corrected chi connectivity index (χ4v) is 3.53. The largest absolute Gasteiger partial charge is 0.496 e. The molecule has 5 heteroatoms. The van der Waals surface area contributed by atoms with Crippen molar-refractivity contribution in [3.8, 4) is 5.75 Å². The van der Waals surface area contributed by atoms with Crippen molar-refractivity contribution in [1.82, 2.24) is 4.98 Å². The zero-order chi connectivity index (χ0) is 14.0. The van der Waals surface area contributed by atoms with Crippen molar-refractivity contribution in [2.24, 2.45) is 5.73 Å². The van der Waals surface area contributed by atoms with E-state index in [1.807, 2.05) is 18.2 Å². The highest BCUT2D eigenvalue weighted by atomic mass is 79.9. The number of hydrogen-bond donors (Lipinski definition) is 1. The summed E-state index contributed by atoms with van der Waals surface area (Å²) >= 11 is 5.16. The van der Waals surface area contributed by atoms with E-state index in [0.29, 0.717) is 0 Å². The van der Waals surface area contributed by atoms with Gasteiger partial charge in [0.15, 0.2) is 0 Å². The molecule has 0 amide bonds. The Morgan fingerprint density at radius 1 is 1.47 bits per heavy atom. The molecule has 1 unspecified atom stereocenters. The minimum absolute atomic E-state index is 0.189. The highest BCUT2D eigenvalue weighted by Gasteiger charge is 2.16. The van der Waals surface area contributed by atoms with Gasteiger partial charge in [-0.05, 0) is 47.0 Å². The van der Waals surface area contributed by atoms with Gasteiger partial charge in [-0.3, -0.25) is 0 Å². The van der Waals surface area contributed by atoms with Gasteiger partial charge in [0.05, 0.1) is 23.3 Å². The molecular formula is C14H17BrN2OS. The Hall–Kier alpha value is -0.910. The second kappa shape index (κ2) is 6.03. The van der Waals surface area contributed by atoms with Crippen LogP contribution < -0.4 is 10.5 Å². The second-order valence-electron chi connectivity index (χ2n) is 4.28. The summed E-state index contributed by atoms with van der Waals surface area (Å²) in [5.74, 6) is 0.806. The molecule has 0 spiro atoms. The van der Waals surface area contributed by atoms with Crippen LogP contribution in [0.5, 0.6) is 5.75 Å². The summed E-state index contributed by atoms with van der Waals surface area (Å²) in [6.07, 6.45) is 0.946. The van der Waals surface area contributed by atoms with Crippen molar-refractivity contribution < 1.29 is 4.74 Å². The Bertz CT molecular complexity index is 583. The maximum absolute atomic E-state index is 6.30. The first kappa shape index (κ1) is 14.5. The summed E-state index contributed by atoms with van der Waals surface area (Å²) in [6.45, 7) is 4.21. The molecule has 3 nitrogen and oxygen atoms in total. The molecule has 0 bridgehead atoms. The quantitative estimate of drug-likeness (QED) is 0.919. The van der Waals surface area contributed by atoms with Crippen LogP contribution in [0.15, 0.2) is 22.7 Å². The zero-order valence-electron chi connectivity index (χ0n) is 11.2. The monoisotopic (exact) mass is 340 g/mol. The lowest BCUT2D eigenvalue weighted by Gasteiger charge is -2.11. The third-order valence-corrected chi connectivity index (χ3v) is 4.76. The molecule has 0 saturated carbocycles. The summed E-state index contributed by atoms with van der Waals surface area (Å²) < 4.78 is 6.13. The van der Waals surface area contributed by atoms with Crippen LogP contribution in [0.1, 0.15) is 34.1 Å². The summed E-state index contributed by atoms with van der Waals surface area (Å²) in [7, 11) is 1.65. The Morgan fingerprint density at radius 3 is 2.74 bits per heavy atom. The SMILES string of the molecule is CCc1nc(C(N)c2ccc(OC)c(Br)c2)sc1C. The summed E-state index contributed by atoms with van der Waals surface area (Å²) in [6, 6.07) is 5.70.